The molecule has 0 saturated heterocycles. The molecule has 2 rings (SSSR count). The van der Waals surface area contributed by atoms with E-state index in [0.717, 1.165) is 5.57 Å². The summed E-state index contributed by atoms with van der Waals surface area (Å²) < 4.78 is 10.3. The topological polar surface area (TPSA) is 52.3 Å². The number of aromatic nitrogens is 1. The van der Waals surface area contributed by atoms with Gasteiger partial charge in [0.05, 0.1) is 12.7 Å². The molecule has 0 aliphatic rings. The van der Waals surface area contributed by atoms with E-state index in [0.29, 0.717) is 22.6 Å². The van der Waals surface area contributed by atoms with Gasteiger partial charge in [-0.2, -0.15) is 0 Å². The maximum Gasteiger partial charge on any atom is 0.337 e. The molecule has 4 nitrogen and oxygen atoms in total. The highest BCUT2D eigenvalue weighted by atomic mass is 16.5. The maximum atomic E-state index is 11.5. The lowest BCUT2D eigenvalue weighted by Gasteiger charge is -1.96. The summed E-state index contributed by atoms with van der Waals surface area (Å²) in [5, 5.41) is 0. The number of hydrogen-bond acceptors (Lipinski definition) is 4. The highest BCUT2D eigenvalue weighted by molar-refractivity contribution is 5.93. The Kier molecular flexibility index (Phi) is 3.80. The highest BCUT2D eigenvalue weighted by Gasteiger charge is 2.11. The number of carbonyl (C=O) groups excluding carboxylic acids is 1. The Balaban J connectivity index is 2.49. The number of nitrogens with zero attached hydrogens (tertiary/aromatic N) is 1. The number of oxazole rings is 1. The van der Waals surface area contributed by atoms with E-state index in [2.05, 4.69) is 9.72 Å². The zero-order valence-electron chi connectivity index (χ0n) is 11.1. The predicted molar refractivity (Wildman–Crippen MR) is 73.8 cm³/mol. The summed E-state index contributed by atoms with van der Waals surface area (Å²) in [6.07, 6.45) is 5.77. The van der Waals surface area contributed by atoms with E-state index in [9.17, 15) is 4.79 Å². The molecule has 98 valence electrons. The first-order chi connectivity index (χ1) is 9.19. The monoisotopic (exact) mass is 257 g/mol. The summed E-state index contributed by atoms with van der Waals surface area (Å²) in [6, 6.07) is 5.05. The van der Waals surface area contributed by atoms with Crippen LogP contribution in [0.5, 0.6) is 0 Å². The molecule has 2 aromatic rings. The number of methoxy groups -OCH3 is 1. The van der Waals surface area contributed by atoms with Crippen LogP contribution in [0.3, 0.4) is 0 Å². The second kappa shape index (κ2) is 5.52. The van der Waals surface area contributed by atoms with Crippen molar-refractivity contribution in [2.45, 2.75) is 13.8 Å². The van der Waals surface area contributed by atoms with E-state index in [1.165, 1.54) is 7.11 Å². The van der Waals surface area contributed by atoms with Crippen LogP contribution in [-0.4, -0.2) is 18.1 Å². The Hall–Kier alpha value is -2.36. The van der Waals surface area contributed by atoms with Gasteiger partial charge in [-0.3, -0.25) is 0 Å². The van der Waals surface area contributed by atoms with E-state index >= 15 is 0 Å². The highest BCUT2D eigenvalue weighted by Crippen LogP contribution is 2.23. The molecule has 0 unspecified atom stereocenters. The summed E-state index contributed by atoms with van der Waals surface area (Å²) in [5.41, 5.74) is 2.65. The molecular weight excluding hydrogens is 242 g/mol. The van der Waals surface area contributed by atoms with Crippen LogP contribution in [0.4, 0.5) is 0 Å². The molecule has 1 aromatic heterocycles. The van der Waals surface area contributed by atoms with Gasteiger partial charge in [0.1, 0.15) is 5.52 Å². The Morgan fingerprint density at radius 3 is 2.79 bits per heavy atom. The minimum Gasteiger partial charge on any atom is -0.465 e. The molecule has 0 amide bonds. The Morgan fingerprint density at radius 1 is 1.37 bits per heavy atom. The second-order valence-corrected chi connectivity index (χ2v) is 3.94. The van der Waals surface area contributed by atoms with E-state index in [-0.39, 0.29) is 5.97 Å². The molecule has 19 heavy (non-hydrogen) atoms. The van der Waals surface area contributed by atoms with Gasteiger partial charge < -0.3 is 9.15 Å². The summed E-state index contributed by atoms with van der Waals surface area (Å²) in [7, 11) is 1.35. The average Bonchev–Trinajstić information content (AvgIpc) is 2.86. The van der Waals surface area contributed by atoms with Crippen molar-refractivity contribution in [3.8, 4) is 0 Å². The molecule has 0 saturated carbocycles. The lowest BCUT2D eigenvalue weighted by atomic mass is 10.2. The van der Waals surface area contributed by atoms with Crippen LogP contribution in [0.25, 0.3) is 16.7 Å². The molecule has 4 heteroatoms. The van der Waals surface area contributed by atoms with Crippen LogP contribution in [0.15, 0.2) is 40.8 Å². The summed E-state index contributed by atoms with van der Waals surface area (Å²) >= 11 is 0. The Bertz CT molecular complexity index is 665. The van der Waals surface area contributed by atoms with Crippen molar-refractivity contribution in [2.75, 3.05) is 7.11 Å². The van der Waals surface area contributed by atoms with Gasteiger partial charge in [0, 0.05) is 5.57 Å². The largest absolute Gasteiger partial charge is 0.465 e. The smallest absolute Gasteiger partial charge is 0.337 e. The third-order valence-corrected chi connectivity index (χ3v) is 2.71. The first-order valence-electron chi connectivity index (χ1n) is 5.98. The number of carbonyl (C=O) groups is 1. The van der Waals surface area contributed by atoms with Gasteiger partial charge in [-0.1, -0.05) is 18.2 Å². The number of fused-ring (bicyclic) bond motifs is 1. The first-order valence-corrected chi connectivity index (χ1v) is 5.98. The van der Waals surface area contributed by atoms with Crippen LogP contribution in [0, 0.1) is 0 Å². The molecule has 0 atom stereocenters. The van der Waals surface area contributed by atoms with Gasteiger partial charge in [0.25, 0.3) is 0 Å². The lowest BCUT2D eigenvalue weighted by molar-refractivity contribution is 0.0601. The van der Waals surface area contributed by atoms with Crippen molar-refractivity contribution in [1.82, 2.24) is 4.98 Å². The van der Waals surface area contributed by atoms with Crippen LogP contribution in [-0.2, 0) is 4.74 Å². The number of allylic oxidation sites excluding steroid dienone is 4. The molecule has 0 spiro atoms. The van der Waals surface area contributed by atoms with E-state index in [1.807, 2.05) is 32.1 Å². The van der Waals surface area contributed by atoms with Gasteiger partial charge >= 0.3 is 5.97 Å². The zero-order chi connectivity index (χ0) is 13.8. The predicted octanol–water partition coefficient (Wildman–Crippen LogP) is 3.59. The fraction of sp³-hybridized carbons (Fsp3) is 0.200. The van der Waals surface area contributed by atoms with Crippen LogP contribution >= 0.6 is 0 Å². The fourth-order valence-corrected chi connectivity index (χ4v) is 1.77. The number of rotatable bonds is 3. The molecule has 0 aliphatic heterocycles. The Morgan fingerprint density at radius 2 is 2.16 bits per heavy atom. The van der Waals surface area contributed by atoms with Crippen molar-refractivity contribution in [1.29, 1.82) is 0 Å². The number of benzene rings is 1. The van der Waals surface area contributed by atoms with Crippen molar-refractivity contribution >= 4 is 22.6 Å². The number of ether oxygens (including phenoxy) is 1. The van der Waals surface area contributed by atoms with Crippen LogP contribution < -0.4 is 0 Å². The third kappa shape index (κ3) is 2.57. The minimum absolute atomic E-state index is 0.383. The molecule has 0 radical (unpaired) electrons. The molecule has 0 fully saturated rings. The molecule has 1 heterocycles. The summed E-state index contributed by atoms with van der Waals surface area (Å²) in [5.74, 6) is 0.156. The minimum atomic E-state index is -0.383. The zero-order valence-corrected chi connectivity index (χ0v) is 11.1. The first kappa shape index (κ1) is 13.1. The molecule has 0 aliphatic carbocycles. The van der Waals surface area contributed by atoms with Gasteiger partial charge in [0.15, 0.2) is 5.58 Å². The van der Waals surface area contributed by atoms with E-state index in [4.69, 9.17) is 4.42 Å². The molecule has 0 bridgehead atoms. The van der Waals surface area contributed by atoms with Gasteiger partial charge in [-0.15, -0.1) is 0 Å². The fourth-order valence-electron chi connectivity index (χ4n) is 1.77. The van der Waals surface area contributed by atoms with Gasteiger partial charge in [-0.25, -0.2) is 9.78 Å². The lowest BCUT2D eigenvalue weighted by Crippen LogP contribution is -2.00. The average molecular weight is 257 g/mol. The van der Waals surface area contributed by atoms with Crippen LogP contribution in [0.2, 0.25) is 0 Å². The summed E-state index contributed by atoms with van der Waals surface area (Å²) in [6.45, 7) is 3.85. The standard InChI is InChI=1S/C15H15NO3/c1-4-6-10(5-2)14-16-12-9-11(15(17)18-3)7-8-13(12)19-14/h4-9H,1-3H3/b6-4-,10-5+. The van der Waals surface area contributed by atoms with E-state index < -0.39 is 0 Å². The van der Waals surface area contributed by atoms with Crippen LogP contribution in [0.1, 0.15) is 30.1 Å². The number of hydrogen-bond donors (Lipinski definition) is 0. The Labute approximate surface area is 111 Å². The molecule has 1 aromatic carbocycles. The molecular formula is C15H15NO3. The SMILES string of the molecule is C/C=C\C(=C/C)c1nc2cc(C(=O)OC)ccc2o1. The van der Waals surface area contributed by atoms with Gasteiger partial charge in [-0.05, 0) is 32.0 Å². The number of esters is 1. The van der Waals surface area contributed by atoms with E-state index in [1.54, 1.807) is 18.2 Å². The maximum absolute atomic E-state index is 11.5. The van der Waals surface area contributed by atoms with Crippen molar-refractivity contribution in [2.24, 2.45) is 0 Å². The molecule has 0 N–H and O–H groups in total. The quantitative estimate of drug-likeness (QED) is 0.622. The third-order valence-electron chi connectivity index (χ3n) is 2.71. The van der Waals surface area contributed by atoms with Crippen molar-refractivity contribution < 1.29 is 13.9 Å². The van der Waals surface area contributed by atoms with Crippen molar-refractivity contribution in [3.05, 3.63) is 47.9 Å². The summed E-state index contributed by atoms with van der Waals surface area (Å²) in [4.78, 5) is 15.8. The van der Waals surface area contributed by atoms with Crippen molar-refractivity contribution in [3.63, 3.8) is 0 Å². The second-order valence-electron chi connectivity index (χ2n) is 3.94. The van der Waals surface area contributed by atoms with Gasteiger partial charge in [0.2, 0.25) is 5.89 Å². The normalized spacial score (nSPS) is 12.3.